The van der Waals surface area contributed by atoms with Crippen LogP contribution in [0.1, 0.15) is 43.7 Å². The number of carbonyl (C=O) groups is 2. The van der Waals surface area contributed by atoms with E-state index in [9.17, 15) is 14.9 Å². The third-order valence-corrected chi connectivity index (χ3v) is 7.08. The lowest BCUT2D eigenvalue weighted by atomic mass is 9.95. The van der Waals surface area contributed by atoms with Gasteiger partial charge in [0, 0.05) is 30.6 Å². The van der Waals surface area contributed by atoms with Crippen LogP contribution in [-0.2, 0) is 25.5 Å². The molecule has 0 spiro atoms. The van der Waals surface area contributed by atoms with E-state index >= 15 is 0 Å². The summed E-state index contributed by atoms with van der Waals surface area (Å²) in [4.78, 5) is 37.8. The Morgan fingerprint density at radius 3 is 2.51 bits per heavy atom. The molecule has 5 rings (SSSR count). The fourth-order valence-corrected chi connectivity index (χ4v) is 5.36. The number of aromatic nitrogens is 2. The number of nitrogen functional groups attached to an aromatic ring is 2. The molecule has 35 heavy (non-hydrogen) atoms. The molecule has 4 N–H and O–H groups in total. The molecule has 2 fully saturated rings. The van der Waals surface area contributed by atoms with E-state index in [2.05, 4.69) is 16.0 Å². The van der Waals surface area contributed by atoms with E-state index < -0.39 is 0 Å². The summed E-state index contributed by atoms with van der Waals surface area (Å²) in [6.45, 7) is 4.29. The Kier molecular flexibility index (Phi) is 6.06. The second-order valence-corrected chi connectivity index (χ2v) is 9.19. The summed E-state index contributed by atoms with van der Waals surface area (Å²) in [5.74, 6) is 0.732. The molecule has 1 amide bonds. The normalized spacial score (nSPS) is 20.3. The van der Waals surface area contributed by atoms with Crippen molar-refractivity contribution in [2.24, 2.45) is 5.92 Å². The van der Waals surface area contributed by atoms with Crippen LogP contribution in [0.2, 0.25) is 0 Å². The van der Waals surface area contributed by atoms with E-state index in [1.165, 1.54) is 0 Å². The van der Waals surface area contributed by atoms with Gasteiger partial charge >= 0.3 is 5.97 Å². The number of pyridine rings is 2. The van der Waals surface area contributed by atoms with Gasteiger partial charge < -0.3 is 25.8 Å². The van der Waals surface area contributed by atoms with Crippen LogP contribution in [0.15, 0.2) is 0 Å². The number of nitrogens with two attached hydrogens (primary N) is 2. The van der Waals surface area contributed by atoms with Gasteiger partial charge in [0.15, 0.2) is 0 Å². The van der Waals surface area contributed by atoms with Gasteiger partial charge in [-0.3, -0.25) is 14.5 Å². The highest BCUT2D eigenvalue weighted by Crippen LogP contribution is 2.42. The number of ether oxygens (including phenoxy) is 2. The van der Waals surface area contributed by atoms with E-state index in [0.717, 1.165) is 12.8 Å². The van der Waals surface area contributed by atoms with Crippen molar-refractivity contribution in [1.82, 2.24) is 9.97 Å². The first-order chi connectivity index (χ1) is 16.9. The third kappa shape index (κ3) is 3.97. The number of esters is 1. The van der Waals surface area contributed by atoms with Crippen molar-refractivity contribution in [2.75, 3.05) is 54.1 Å². The first-order valence-corrected chi connectivity index (χ1v) is 12.1. The molecule has 0 radical (unpaired) electrons. The summed E-state index contributed by atoms with van der Waals surface area (Å²) in [6.07, 6.45) is 3.09. The Bertz CT molecular complexity index is 1230. The van der Waals surface area contributed by atoms with E-state index in [1.807, 2.05) is 4.90 Å². The van der Waals surface area contributed by atoms with Gasteiger partial charge in [0.05, 0.1) is 37.0 Å². The first-order valence-electron chi connectivity index (χ1n) is 12.1. The maximum absolute atomic E-state index is 13.0. The molecule has 0 unspecified atom stereocenters. The molecule has 3 aliphatic heterocycles. The smallest absolute Gasteiger partial charge is 0.309 e. The van der Waals surface area contributed by atoms with Gasteiger partial charge in [-0.05, 0) is 32.6 Å². The van der Waals surface area contributed by atoms with Crippen LogP contribution >= 0.6 is 0 Å². The maximum atomic E-state index is 13.0. The highest BCUT2D eigenvalue weighted by Gasteiger charge is 2.36. The predicted molar refractivity (Wildman–Crippen MR) is 130 cm³/mol. The van der Waals surface area contributed by atoms with Crippen molar-refractivity contribution in [1.29, 1.82) is 5.26 Å². The SMILES string of the molecule is CCOC(=O)C1CCN(c2nc(N)c3c(N)nc4c(c3c2C#N)CC(=O)N4C[C@H]2CCCO2)CC1. The minimum Gasteiger partial charge on any atom is -0.466 e. The van der Waals surface area contributed by atoms with E-state index in [-0.39, 0.29) is 42.0 Å². The molecule has 2 aromatic heterocycles. The molecule has 0 saturated carbocycles. The summed E-state index contributed by atoms with van der Waals surface area (Å²) < 4.78 is 10.9. The summed E-state index contributed by atoms with van der Waals surface area (Å²) in [7, 11) is 0. The lowest BCUT2D eigenvalue weighted by molar-refractivity contribution is -0.148. The summed E-state index contributed by atoms with van der Waals surface area (Å²) >= 11 is 0. The van der Waals surface area contributed by atoms with Gasteiger partial charge in [0.25, 0.3) is 0 Å². The van der Waals surface area contributed by atoms with Crippen molar-refractivity contribution < 1.29 is 19.1 Å². The lowest BCUT2D eigenvalue weighted by Crippen LogP contribution is -2.38. The zero-order chi connectivity index (χ0) is 24.7. The quantitative estimate of drug-likeness (QED) is 0.601. The number of fused-ring (bicyclic) bond motifs is 3. The van der Waals surface area contributed by atoms with Gasteiger partial charge in [-0.2, -0.15) is 5.26 Å². The molecule has 5 heterocycles. The van der Waals surface area contributed by atoms with Gasteiger partial charge in [-0.25, -0.2) is 9.97 Å². The molecule has 0 aromatic carbocycles. The Balaban J connectivity index is 1.55. The molecule has 3 aliphatic rings. The minimum absolute atomic E-state index is 0.0437. The zero-order valence-corrected chi connectivity index (χ0v) is 19.7. The second-order valence-electron chi connectivity index (χ2n) is 9.19. The molecule has 1 atom stereocenters. The van der Waals surface area contributed by atoms with E-state index in [1.54, 1.807) is 11.8 Å². The fraction of sp³-hybridized carbons (Fsp3) is 0.542. The molecule has 0 aliphatic carbocycles. The van der Waals surface area contributed by atoms with Gasteiger partial charge in [-0.1, -0.05) is 0 Å². The van der Waals surface area contributed by atoms with Gasteiger partial charge in [0.1, 0.15) is 34.9 Å². The topological polar surface area (TPSA) is 161 Å². The van der Waals surface area contributed by atoms with Crippen molar-refractivity contribution >= 4 is 45.9 Å². The third-order valence-electron chi connectivity index (χ3n) is 7.08. The highest BCUT2D eigenvalue weighted by atomic mass is 16.5. The Morgan fingerprint density at radius 2 is 1.89 bits per heavy atom. The zero-order valence-electron chi connectivity index (χ0n) is 19.7. The average Bonchev–Trinajstić information content (AvgIpc) is 3.47. The van der Waals surface area contributed by atoms with Crippen molar-refractivity contribution in [3.8, 4) is 6.07 Å². The average molecular weight is 480 g/mol. The molecule has 11 heteroatoms. The van der Waals surface area contributed by atoms with Gasteiger partial charge in [-0.15, -0.1) is 0 Å². The molecule has 2 saturated heterocycles. The standard InChI is InChI=1S/C24H29N7O4/c1-2-34-24(33)13-5-7-30(8-6-13)22-16(11-25)18-15-10-17(32)31(12-14-4-3-9-35-14)23(15)29-21(27)19(18)20(26)28-22/h13-14H,2-10,12H2,1H3,(H2,26,28)(H2,27,29)/t14-/m1/s1. The largest absolute Gasteiger partial charge is 0.466 e. The molecular formula is C24H29N7O4. The Hall–Kier alpha value is -3.65. The first kappa shape index (κ1) is 23.1. The Labute approximate surface area is 203 Å². The van der Waals surface area contributed by atoms with Crippen LogP contribution in [0, 0.1) is 17.2 Å². The number of anilines is 4. The van der Waals surface area contributed by atoms with Crippen LogP contribution in [0.25, 0.3) is 10.8 Å². The molecule has 2 aromatic rings. The van der Waals surface area contributed by atoms with Crippen LogP contribution in [0.3, 0.4) is 0 Å². The van der Waals surface area contributed by atoms with E-state index in [4.69, 9.17) is 20.9 Å². The summed E-state index contributed by atoms with van der Waals surface area (Å²) in [5.41, 5.74) is 13.6. The molecule has 184 valence electrons. The number of hydrogen-bond donors (Lipinski definition) is 2. The molecular weight excluding hydrogens is 450 g/mol. The Morgan fingerprint density at radius 1 is 1.17 bits per heavy atom. The number of rotatable bonds is 5. The number of piperidine rings is 1. The summed E-state index contributed by atoms with van der Waals surface area (Å²) in [5, 5.41) is 11.2. The van der Waals surface area contributed by atoms with Crippen LogP contribution < -0.4 is 21.3 Å². The fourth-order valence-electron chi connectivity index (χ4n) is 5.36. The van der Waals surface area contributed by atoms with Gasteiger partial charge in [0.2, 0.25) is 5.91 Å². The second kappa shape index (κ2) is 9.19. The number of nitriles is 1. The minimum atomic E-state index is -0.194. The highest BCUT2D eigenvalue weighted by molar-refractivity contribution is 6.13. The van der Waals surface area contributed by atoms with E-state index in [0.29, 0.717) is 79.2 Å². The monoisotopic (exact) mass is 479 g/mol. The number of carbonyl (C=O) groups excluding carboxylic acids is 2. The maximum Gasteiger partial charge on any atom is 0.309 e. The van der Waals surface area contributed by atoms with Crippen LogP contribution in [0.4, 0.5) is 23.3 Å². The lowest BCUT2D eigenvalue weighted by Gasteiger charge is -2.32. The number of hydrogen-bond acceptors (Lipinski definition) is 10. The van der Waals surface area contributed by atoms with Crippen molar-refractivity contribution in [2.45, 2.75) is 45.1 Å². The van der Waals surface area contributed by atoms with Crippen LogP contribution in [0.5, 0.6) is 0 Å². The molecule has 11 nitrogen and oxygen atoms in total. The van der Waals surface area contributed by atoms with Crippen molar-refractivity contribution in [3.05, 3.63) is 11.1 Å². The van der Waals surface area contributed by atoms with Crippen molar-refractivity contribution in [3.63, 3.8) is 0 Å². The predicted octanol–water partition coefficient (Wildman–Crippen LogP) is 1.51. The van der Waals surface area contributed by atoms with Crippen LogP contribution in [-0.4, -0.2) is 60.8 Å². The number of amides is 1. The molecule has 0 bridgehead atoms. The number of nitrogens with zero attached hydrogens (tertiary/aromatic N) is 5. The summed E-state index contributed by atoms with van der Waals surface area (Å²) in [6, 6.07) is 2.29.